The topological polar surface area (TPSA) is 63.3 Å². The van der Waals surface area contributed by atoms with Gasteiger partial charge in [-0.05, 0) is 6.92 Å². The monoisotopic (exact) mass is 155 g/mol. The maximum absolute atomic E-state index is 10.4. The number of carbonyl (C=O) groups is 1. The lowest BCUT2D eigenvalue weighted by Crippen LogP contribution is -2.05. The highest BCUT2D eigenvalue weighted by Crippen LogP contribution is 2.15. The average molecular weight is 155 g/mol. The number of aryl methyl sites for hydroxylation is 1. The summed E-state index contributed by atoms with van der Waals surface area (Å²) in [5.41, 5.74) is 0. The van der Waals surface area contributed by atoms with E-state index in [-0.39, 0.29) is 0 Å². The molecule has 0 saturated heterocycles. The van der Waals surface area contributed by atoms with E-state index in [1.54, 1.807) is 13.8 Å². The van der Waals surface area contributed by atoms with Crippen LogP contribution in [0.15, 0.2) is 10.6 Å². The highest BCUT2D eigenvalue weighted by Gasteiger charge is 2.17. The normalized spacial score (nSPS) is 12.9. The zero-order chi connectivity index (χ0) is 8.43. The number of hydrogen-bond donors (Lipinski definition) is 1. The molecule has 0 fully saturated rings. The lowest BCUT2D eigenvalue weighted by atomic mass is 10.1. The molecule has 0 aliphatic rings. The van der Waals surface area contributed by atoms with Crippen molar-refractivity contribution >= 4 is 5.97 Å². The molecule has 0 saturated carbocycles. The molecule has 1 aromatic heterocycles. The number of nitrogens with zero attached hydrogens (tertiary/aromatic N) is 1. The summed E-state index contributed by atoms with van der Waals surface area (Å²) in [6.45, 7) is 3.24. The van der Waals surface area contributed by atoms with Crippen LogP contribution in [0.25, 0.3) is 0 Å². The molecule has 1 heterocycles. The van der Waals surface area contributed by atoms with Crippen molar-refractivity contribution in [2.75, 3.05) is 0 Å². The van der Waals surface area contributed by atoms with Crippen LogP contribution in [0.5, 0.6) is 0 Å². The first kappa shape index (κ1) is 7.78. The van der Waals surface area contributed by atoms with Gasteiger partial charge >= 0.3 is 5.97 Å². The van der Waals surface area contributed by atoms with Gasteiger partial charge in [-0.15, -0.1) is 0 Å². The summed E-state index contributed by atoms with van der Waals surface area (Å²) < 4.78 is 5.01. The van der Waals surface area contributed by atoms with Crippen LogP contribution in [0.3, 0.4) is 0 Å². The van der Waals surface area contributed by atoms with Gasteiger partial charge in [-0.2, -0.15) is 0 Å². The summed E-state index contributed by atoms with van der Waals surface area (Å²) in [5, 5.41) is 8.56. The number of oxazole rings is 1. The van der Waals surface area contributed by atoms with E-state index >= 15 is 0 Å². The molecule has 1 atom stereocenters. The number of hydrogen-bond acceptors (Lipinski definition) is 3. The second kappa shape index (κ2) is 2.74. The Balaban J connectivity index is 2.84. The number of aromatic nitrogens is 1. The summed E-state index contributed by atoms with van der Waals surface area (Å²) in [7, 11) is 0. The van der Waals surface area contributed by atoms with Gasteiger partial charge in [-0.1, -0.05) is 0 Å². The average Bonchev–Trinajstić information content (AvgIpc) is 2.34. The predicted molar refractivity (Wildman–Crippen MR) is 37.3 cm³/mol. The fourth-order valence-corrected chi connectivity index (χ4v) is 0.700. The van der Waals surface area contributed by atoms with Crippen LogP contribution < -0.4 is 0 Å². The number of rotatable bonds is 2. The third-order valence-corrected chi connectivity index (χ3v) is 1.44. The second-order valence-corrected chi connectivity index (χ2v) is 2.34. The smallest absolute Gasteiger partial charge is 0.313 e. The molecule has 0 aliphatic heterocycles. The van der Waals surface area contributed by atoms with Gasteiger partial charge in [0, 0.05) is 6.92 Å². The van der Waals surface area contributed by atoms with Gasteiger partial charge in [0.15, 0.2) is 5.89 Å². The maximum atomic E-state index is 10.4. The molecular weight excluding hydrogens is 146 g/mol. The first-order chi connectivity index (χ1) is 5.11. The number of carboxylic acid groups (broad SMARTS) is 1. The van der Waals surface area contributed by atoms with Crippen LogP contribution in [-0.4, -0.2) is 16.1 Å². The Morgan fingerprint density at radius 3 is 2.82 bits per heavy atom. The first-order valence-corrected chi connectivity index (χ1v) is 3.26. The molecule has 4 nitrogen and oxygen atoms in total. The van der Waals surface area contributed by atoms with E-state index in [0.29, 0.717) is 11.7 Å². The van der Waals surface area contributed by atoms with E-state index in [1.165, 1.54) is 6.20 Å². The SMILES string of the molecule is Cc1ncc(C(C)C(=O)O)o1. The molecule has 11 heavy (non-hydrogen) atoms. The molecular formula is C7H9NO3. The molecule has 0 spiro atoms. The molecule has 0 aliphatic carbocycles. The van der Waals surface area contributed by atoms with E-state index in [9.17, 15) is 4.79 Å². The molecule has 0 aromatic carbocycles. The second-order valence-electron chi connectivity index (χ2n) is 2.34. The van der Waals surface area contributed by atoms with Crippen LogP contribution in [0.2, 0.25) is 0 Å². The van der Waals surface area contributed by atoms with Crippen molar-refractivity contribution in [1.82, 2.24) is 4.98 Å². The van der Waals surface area contributed by atoms with Crippen LogP contribution in [0.1, 0.15) is 24.5 Å². The minimum absolute atomic E-state index is 0.398. The minimum Gasteiger partial charge on any atom is -0.481 e. The highest BCUT2D eigenvalue weighted by atomic mass is 16.4. The van der Waals surface area contributed by atoms with E-state index in [4.69, 9.17) is 9.52 Å². The Hall–Kier alpha value is -1.32. The fraction of sp³-hybridized carbons (Fsp3) is 0.429. The lowest BCUT2D eigenvalue weighted by Gasteiger charge is -1.98. The van der Waals surface area contributed by atoms with E-state index in [0.717, 1.165) is 0 Å². The number of aliphatic carboxylic acids is 1. The fourth-order valence-electron chi connectivity index (χ4n) is 0.700. The minimum atomic E-state index is -0.902. The van der Waals surface area contributed by atoms with Gasteiger partial charge in [-0.3, -0.25) is 4.79 Å². The quantitative estimate of drug-likeness (QED) is 0.696. The molecule has 0 bridgehead atoms. The van der Waals surface area contributed by atoms with E-state index in [2.05, 4.69) is 4.98 Å². The molecule has 1 N–H and O–H groups in total. The summed E-state index contributed by atoms with van der Waals surface area (Å²) in [5.74, 6) is -0.625. The van der Waals surface area contributed by atoms with Gasteiger partial charge in [0.2, 0.25) is 0 Å². The van der Waals surface area contributed by atoms with Crippen LogP contribution in [-0.2, 0) is 4.79 Å². The Bertz CT molecular complexity index is 266. The van der Waals surface area contributed by atoms with Gasteiger partial charge in [-0.25, -0.2) is 4.98 Å². The largest absolute Gasteiger partial charge is 0.481 e. The van der Waals surface area contributed by atoms with Crippen molar-refractivity contribution in [3.63, 3.8) is 0 Å². The Morgan fingerprint density at radius 2 is 2.45 bits per heavy atom. The molecule has 1 aromatic rings. The molecule has 1 unspecified atom stereocenters. The molecule has 0 radical (unpaired) electrons. The van der Waals surface area contributed by atoms with Crippen LogP contribution >= 0.6 is 0 Å². The Morgan fingerprint density at radius 1 is 1.82 bits per heavy atom. The van der Waals surface area contributed by atoms with Gasteiger partial charge in [0.1, 0.15) is 11.7 Å². The van der Waals surface area contributed by atoms with E-state index in [1.807, 2.05) is 0 Å². The lowest BCUT2D eigenvalue weighted by molar-refractivity contribution is -0.138. The summed E-state index contributed by atoms with van der Waals surface area (Å²) in [4.78, 5) is 14.2. The molecule has 1 rings (SSSR count). The Labute approximate surface area is 63.9 Å². The van der Waals surface area contributed by atoms with Crippen molar-refractivity contribution in [2.45, 2.75) is 19.8 Å². The Kier molecular flexibility index (Phi) is 1.94. The molecule has 0 amide bonds. The zero-order valence-electron chi connectivity index (χ0n) is 6.37. The third-order valence-electron chi connectivity index (χ3n) is 1.44. The van der Waals surface area contributed by atoms with Crippen molar-refractivity contribution in [2.24, 2.45) is 0 Å². The highest BCUT2D eigenvalue weighted by molar-refractivity contribution is 5.74. The van der Waals surface area contributed by atoms with Crippen molar-refractivity contribution in [3.05, 3.63) is 17.8 Å². The van der Waals surface area contributed by atoms with Gasteiger partial charge < -0.3 is 9.52 Å². The molecule has 60 valence electrons. The summed E-state index contributed by atoms with van der Waals surface area (Å²) >= 11 is 0. The van der Waals surface area contributed by atoms with Gasteiger partial charge in [0.25, 0.3) is 0 Å². The van der Waals surface area contributed by atoms with Crippen molar-refractivity contribution in [1.29, 1.82) is 0 Å². The summed E-state index contributed by atoms with van der Waals surface area (Å²) in [6, 6.07) is 0. The van der Waals surface area contributed by atoms with Gasteiger partial charge in [0.05, 0.1) is 6.20 Å². The van der Waals surface area contributed by atoms with Crippen molar-refractivity contribution in [3.8, 4) is 0 Å². The third kappa shape index (κ3) is 1.58. The number of carboxylic acids is 1. The standard InChI is InChI=1S/C7H9NO3/c1-4(7(9)10)6-3-8-5(2)11-6/h3-4H,1-2H3,(H,9,10). The zero-order valence-corrected chi connectivity index (χ0v) is 6.37. The van der Waals surface area contributed by atoms with Crippen LogP contribution in [0, 0.1) is 6.92 Å². The first-order valence-electron chi connectivity index (χ1n) is 3.26. The van der Waals surface area contributed by atoms with Crippen molar-refractivity contribution < 1.29 is 14.3 Å². The summed E-state index contributed by atoms with van der Waals surface area (Å²) in [6.07, 6.45) is 1.44. The maximum Gasteiger partial charge on any atom is 0.313 e. The van der Waals surface area contributed by atoms with Crippen LogP contribution in [0.4, 0.5) is 0 Å². The van der Waals surface area contributed by atoms with E-state index < -0.39 is 11.9 Å². The predicted octanol–water partition coefficient (Wildman–Crippen LogP) is 1.17. The molecule has 4 heteroatoms.